The zero-order chi connectivity index (χ0) is 18.0. The molecule has 0 radical (unpaired) electrons. The summed E-state index contributed by atoms with van der Waals surface area (Å²) < 4.78 is 45.5. The van der Waals surface area contributed by atoms with Crippen molar-refractivity contribution in [2.24, 2.45) is 0 Å². The van der Waals surface area contributed by atoms with Gasteiger partial charge in [-0.1, -0.05) is 0 Å². The van der Waals surface area contributed by atoms with E-state index in [4.69, 9.17) is 0 Å². The van der Waals surface area contributed by atoms with Crippen LogP contribution < -0.4 is 15.0 Å². The largest absolute Gasteiger partial charge is 0.491 e. The van der Waals surface area contributed by atoms with E-state index in [-0.39, 0.29) is 5.69 Å². The van der Waals surface area contributed by atoms with Crippen LogP contribution in [0.4, 0.5) is 24.8 Å². The van der Waals surface area contributed by atoms with E-state index in [9.17, 15) is 18.0 Å². The van der Waals surface area contributed by atoms with Crippen LogP contribution in [0.15, 0.2) is 18.5 Å². The molecule has 1 N–H and O–H groups in total. The standard InChI is InChI=1S/C16H15F3N4O2/c1-25-14-12(18)10(6-11(17)13(14)19)15(24)22-9-7-20-16(21-8-9)23-4-2-3-5-23/h6-8H,2-5H2,1H3,(H,22,24). The van der Waals surface area contributed by atoms with Crippen molar-refractivity contribution in [3.63, 3.8) is 0 Å². The lowest BCUT2D eigenvalue weighted by Gasteiger charge is -2.15. The molecule has 0 atom stereocenters. The highest BCUT2D eigenvalue weighted by Crippen LogP contribution is 2.27. The number of nitrogens with zero attached hydrogens (tertiary/aromatic N) is 3. The molecule has 0 saturated carbocycles. The lowest BCUT2D eigenvalue weighted by atomic mass is 10.1. The van der Waals surface area contributed by atoms with E-state index in [1.807, 2.05) is 4.90 Å². The van der Waals surface area contributed by atoms with Crippen LogP contribution in [-0.4, -0.2) is 36.1 Å². The highest BCUT2D eigenvalue weighted by atomic mass is 19.2. The van der Waals surface area contributed by atoms with Crippen LogP contribution in [0.1, 0.15) is 23.2 Å². The van der Waals surface area contributed by atoms with Gasteiger partial charge in [-0.15, -0.1) is 0 Å². The molecule has 6 nitrogen and oxygen atoms in total. The minimum absolute atomic E-state index is 0.205. The number of amides is 1. The Morgan fingerprint density at radius 1 is 1.16 bits per heavy atom. The second-order valence-electron chi connectivity index (χ2n) is 5.49. The van der Waals surface area contributed by atoms with Crippen molar-refractivity contribution < 1.29 is 22.7 Å². The molecule has 0 aliphatic carbocycles. The molecule has 1 aromatic carbocycles. The highest BCUT2D eigenvalue weighted by Gasteiger charge is 2.24. The van der Waals surface area contributed by atoms with Crippen molar-refractivity contribution in [2.45, 2.75) is 12.8 Å². The number of rotatable bonds is 4. The van der Waals surface area contributed by atoms with Crippen LogP contribution in [-0.2, 0) is 0 Å². The fourth-order valence-electron chi connectivity index (χ4n) is 2.59. The average molecular weight is 352 g/mol. The monoisotopic (exact) mass is 352 g/mol. The van der Waals surface area contributed by atoms with Crippen molar-refractivity contribution in [3.05, 3.63) is 41.5 Å². The van der Waals surface area contributed by atoms with Crippen LogP contribution in [0.3, 0.4) is 0 Å². The zero-order valence-electron chi connectivity index (χ0n) is 13.4. The van der Waals surface area contributed by atoms with Crippen molar-refractivity contribution in [1.29, 1.82) is 0 Å². The summed E-state index contributed by atoms with van der Waals surface area (Å²) >= 11 is 0. The number of aromatic nitrogens is 2. The molecule has 1 aliphatic heterocycles. The van der Waals surface area contributed by atoms with E-state index in [0.29, 0.717) is 12.0 Å². The Morgan fingerprint density at radius 3 is 2.40 bits per heavy atom. The first-order valence-electron chi connectivity index (χ1n) is 7.61. The molecular formula is C16H15F3N4O2. The number of hydrogen-bond acceptors (Lipinski definition) is 5. The topological polar surface area (TPSA) is 67.3 Å². The van der Waals surface area contributed by atoms with E-state index in [2.05, 4.69) is 20.0 Å². The van der Waals surface area contributed by atoms with Gasteiger partial charge < -0.3 is 15.0 Å². The Labute approximate surface area is 141 Å². The van der Waals surface area contributed by atoms with E-state index in [0.717, 1.165) is 33.0 Å². The van der Waals surface area contributed by atoms with Gasteiger partial charge in [-0.3, -0.25) is 4.79 Å². The van der Waals surface area contributed by atoms with Crippen molar-refractivity contribution in [2.75, 3.05) is 30.4 Å². The fraction of sp³-hybridized carbons (Fsp3) is 0.312. The minimum atomic E-state index is -1.49. The van der Waals surface area contributed by atoms with Crippen LogP contribution in [0.25, 0.3) is 0 Å². The van der Waals surface area contributed by atoms with Crippen molar-refractivity contribution in [3.8, 4) is 5.75 Å². The normalized spacial score (nSPS) is 13.8. The van der Waals surface area contributed by atoms with Gasteiger partial charge in [0.05, 0.1) is 30.8 Å². The number of benzene rings is 1. The molecule has 1 aliphatic rings. The maximum Gasteiger partial charge on any atom is 0.258 e. The van der Waals surface area contributed by atoms with Gasteiger partial charge in [-0.05, 0) is 18.9 Å². The predicted octanol–water partition coefficient (Wildman–Crippen LogP) is 2.76. The van der Waals surface area contributed by atoms with Gasteiger partial charge in [0.2, 0.25) is 11.8 Å². The molecule has 1 fully saturated rings. The van der Waals surface area contributed by atoms with Gasteiger partial charge in [-0.2, -0.15) is 4.39 Å². The van der Waals surface area contributed by atoms with Crippen molar-refractivity contribution >= 4 is 17.5 Å². The van der Waals surface area contributed by atoms with E-state index in [1.165, 1.54) is 12.4 Å². The lowest BCUT2D eigenvalue weighted by molar-refractivity contribution is 0.102. The maximum atomic E-state index is 14.1. The van der Waals surface area contributed by atoms with E-state index in [1.54, 1.807) is 0 Å². The third-order valence-electron chi connectivity index (χ3n) is 3.85. The van der Waals surface area contributed by atoms with Gasteiger partial charge >= 0.3 is 0 Å². The van der Waals surface area contributed by atoms with Gasteiger partial charge in [0, 0.05) is 13.1 Å². The third-order valence-corrected chi connectivity index (χ3v) is 3.85. The summed E-state index contributed by atoms with van der Waals surface area (Å²) in [5, 5.41) is 2.35. The summed E-state index contributed by atoms with van der Waals surface area (Å²) in [5.41, 5.74) is -0.476. The molecular weight excluding hydrogens is 337 g/mol. The van der Waals surface area contributed by atoms with Crippen LogP contribution in [0.5, 0.6) is 5.75 Å². The molecule has 2 aromatic rings. The quantitative estimate of drug-likeness (QED) is 0.857. The Hall–Kier alpha value is -2.84. The number of carbonyl (C=O) groups excluding carboxylic acids is 1. The first-order chi connectivity index (χ1) is 12.0. The summed E-state index contributed by atoms with van der Waals surface area (Å²) in [7, 11) is 0.980. The van der Waals surface area contributed by atoms with E-state index < -0.39 is 34.7 Å². The van der Waals surface area contributed by atoms with Gasteiger partial charge in [0.1, 0.15) is 0 Å². The first kappa shape index (κ1) is 17.0. The Kier molecular flexibility index (Phi) is 4.73. The molecule has 0 bridgehead atoms. The maximum absolute atomic E-state index is 14.1. The summed E-state index contributed by atoms with van der Waals surface area (Å²) in [5.74, 6) is -5.54. The minimum Gasteiger partial charge on any atom is -0.491 e. The zero-order valence-corrected chi connectivity index (χ0v) is 13.4. The molecule has 1 aromatic heterocycles. The molecule has 3 rings (SSSR count). The summed E-state index contributed by atoms with van der Waals surface area (Å²) in [6.45, 7) is 1.73. The molecule has 1 amide bonds. The Balaban J connectivity index is 1.79. The number of halogens is 3. The van der Waals surface area contributed by atoms with Crippen molar-refractivity contribution in [1.82, 2.24) is 9.97 Å². The predicted molar refractivity (Wildman–Crippen MR) is 84.3 cm³/mol. The number of nitrogens with one attached hydrogen (secondary N) is 1. The van der Waals surface area contributed by atoms with Crippen LogP contribution >= 0.6 is 0 Å². The number of hydrogen-bond donors (Lipinski definition) is 1. The molecule has 1 saturated heterocycles. The fourth-order valence-corrected chi connectivity index (χ4v) is 2.59. The lowest BCUT2D eigenvalue weighted by Crippen LogP contribution is -2.21. The Morgan fingerprint density at radius 2 is 1.80 bits per heavy atom. The summed E-state index contributed by atoms with van der Waals surface area (Å²) in [6, 6.07) is 0.474. The third kappa shape index (κ3) is 3.35. The number of methoxy groups -OCH3 is 1. The second-order valence-corrected chi connectivity index (χ2v) is 5.49. The van der Waals surface area contributed by atoms with Gasteiger partial charge in [0.25, 0.3) is 5.91 Å². The molecule has 0 unspecified atom stereocenters. The van der Waals surface area contributed by atoms with Gasteiger partial charge in [0.15, 0.2) is 17.4 Å². The SMILES string of the molecule is COc1c(F)c(F)cc(C(=O)Nc2cnc(N3CCCC3)nc2)c1F. The molecule has 25 heavy (non-hydrogen) atoms. The smallest absolute Gasteiger partial charge is 0.258 e. The molecule has 132 valence electrons. The molecule has 9 heteroatoms. The highest BCUT2D eigenvalue weighted by molar-refractivity contribution is 6.04. The number of ether oxygens (including phenoxy) is 1. The van der Waals surface area contributed by atoms with Crippen LogP contribution in [0.2, 0.25) is 0 Å². The second kappa shape index (κ2) is 6.96. The molecule has 2 heterocycles. The Bertz CT molecular complexity index is 793. The first-order valence-corrected chi connectivity index (χ1v) is 7.61. The van der Waals surface area contributed by atoms with Gasteiger partial charge in [-0.25, -0.2) is 18.7 Å². The summed E-state index contributed by atoms with van der Waals surface area (Å²) in [6.07, 6.45) is 4.87. The number of anilines is 2. The average Bonchev–Trinajstić information content (AvgIpc) is 3.14. The van der Waals surface area contributed by atoms with Crippen LogP contribution in [0, 0.1) is 17.5 Å². The summed E-state index contributed by atoms with van der Waals surface area (Å²) in [4.78, 5) is 22.4. The number of carbonyl (C=O) groups is 1. The molecule has 0 spiro atoms. The van der Waals surface area contributed by atoms with E-state index >= 15 is 0 Å².